The second-order valence-electron chi connectivity index (χ2n) is 5.12. The van der Waals surface area contributed by atoms with Crippen LogP contribution in [0.5, 0.6) is 11.5 Å². The highest BCUT2D eigenvalue weighted by Crippen LogP contribution is 2.27. The number of rotatable bonds is 5. The molecule has 1 aromatic rings. The minimum Gasteiger partial charge on any atom is -0.497 e. The first-order valence-electron chi connectivity index (χ1n) is 6.86. The first-order chi connectivity index (χ1) is 10.3. The maximum absolute atomic E-state index is 12.4. The van der Waals surface area contributed by atoms with Crippen molar-refractivity contribution in [3.8, 4) is 11.5 Å². The van der Waals surface area contributed by atoms with Gasteiger partial charge in [0.05, 0.1) is 20.5 Å². The van der Waals surface area contributed by atoms with Crippen molar-refractivity contribution >= 4 is 21.6 Å². The van der Waals surface area contributed by atoms with Gasteiger partial charge in [-0.1, -0.05) is 0 Å². The summed E-state index contributed by atoms with van der Waals surface area (Å²) in [5, 5.41) is 2.73. The van der Waals surface area contributed by atoms with E-state index in [-0.39, 0.29) is 5.91 Å². The molecule has 1 amide bonds. The van der Waals surface area contributed by atoms with Gasteiger partial charge >= 0.3 is 0 Å². The number of nitrogens with one attached hydrogen (secondary N) is 1. The Morgan fingerprint density at radius 2 is 1.82 bits per heavy atom. The molecule has 1 heterocycles. The predicted molar refractivity (Wildman–Crippen MR) is 82.7 cm³/mol. The van der Waals surface area contributed by atoms with E-state index in [9.17, 15) is 13.2 Å². The van der Waals surface area contributed by atoms with Crippen LogP contribution >= 0.6 is 0 Å². The zero-order valence-electron chi connectivity index (χ0n) is 12.8. The van der Waals surface area contributed by atoms with Gasteiger partial charge in [0.15, 0.2) is 0 Å². The Hall–Kier alpha value is -1.80. The maximum atomic E-state index is 12.4. The Balaban J connectivity index is 2.18. The minimum absolute atomic E-state index is 0.349. The van der Waals surface area contributed by atoms with E-state index in [1.165, 1.54) is 18.5 Å². The normalized spacial score (nSPS) is 19.0. The van der Waals surface area contributed by atoms with Crippen molar-refractivity contribution in [2.24, 2.45) is 0 Å². The number of carbonyl (C=O) groups is 1. The molecule has 0 radical (unpaired) electrons. The fraction of sp³-hybridized carbons (Fsp3) is 0.500. The standard InChI is InChI=1S/C14H20N2O5S/c1-20-11-7-10(8-12(9-11)21-2)15-14(17)13-5-4-6-16(13)22(3,18)19/h7-9,13H,4-6H2,1-3H3,(H,15,17)/t13-/m0/s1. The number of carbonyl (C=O) groups excluding carboxylic acids is 1. The highest BCUT2D eigenvalue weighted by Gasteiger charge is 2.36. The van der Waals surface area contributed by atoms with E-state index in [0.717, 1.165) is 6.26 Å². The molecule has 1 aliphatic rings. The van der Waals surface area contributed by atoms with Crippen LogP contribution in [0.1, 0.15) is 12.8 Å². The van der Waals surface area contributed by atoms with E-state index in [4.69, 9.17) is 9.47 Å². The topological polar surface area (TPSA) is 84.9 Å². The van der Waals surface area contributed by atoms with E-state index in [2.05, 4.69) is 5.32 Å². The molecule has 22 heavy (non-hydrogen) atoms. The first-order valence-corrected chi connectivity index (χ1v) is 8.70. The molecule has 122 valence electrons. The highest BCUT2D eigenvalue weighted by atomic mass is 32.2. The largest absolute Gasteiger partial charge is 0.497 e. The Kier molecular flexibility index (Phi) is 4.92. The number of methoxy groups -OCH3 is 2. The number of sulfonamides is 1. The molecule has 1 fully saturated rings. The Morgan fingerprint density at radius 3 is 2.32 bits per heavy atom. The summed E-state index contributed by atoms with van der Waals surface area (Å²) in [5.74, 6) is 0.736. The van der Waals surface area contributed by atoms with Crippen molar-refractivity contribution in [1.82, 2.24) is 4.31 Å². The van der Waals surface area contributed by atoms with E-state index >= 15 is 0 Å². The van der Waals surface area contributed by atoms with Gasteiger partial charge < -0.3 is 14.8 Å². The third-order valence-electron chi connectivity index (χ3n) is 3.55. The van der Waals surface area contributed by atoms with Crippen LogP contribution in [0.25, 0.3) is 0 Å². The average molecular weight is 328 g/mol. The fourth-order valence-corrected chi connectivity index (χ4v) is 3.63. The van der Waals surface area contributed by atoms with Crippen LogP contribution in [0, 0.1) is 0 Å². The molecule has 1 aromatic carbocycles. The van der Waals surface area contributed by atoms with Crippen molar-refractivity contribution in [1.29, 1.82) is 0 Å². The molecule has 0 spiro atoms. The van der Waals surface area contributed by atoms with Crippen LogP contribution in [-0.4, -0.2) is 51.7 Å². The Bertz CT molecular complexity index is 637. The lowest BCUT2D eigenvalue weighted by Gasteiger charge is -2.21. The van der Waals surface area contributed by atoms with Crippen LogP contribution in [0.15, 0.2) is 18.2 Å². The number of anilines is 1. The number of nitrogens with zero attached hydrogens (tertiary/aromatic N) is 1. The third-order valence-corrected chi connectivity index (χ3v) is 4.84. The number of benzene rings is 1. The molecule has 0 aliphatic carbocycles. The van der Waals surface area contributed by atoms with Crippen LogP contribution in [0.3, 0.4) is 0 Å². The monoisotopic (exact) mass is 328 g/mol. The second-order valence-corrected chi connectivity index (χ2v) is 7.06. The molecule has 7 nitrogen and oxygen atoms in total. The lowest BCUT2D eigenvalue weighted by Crippen LogP contribution is -2.42. The van der Waals surface area contributed by atoms with Gasteiger partial charge in [0.2, 0.25) is 15.9 Å². The molecule has 0 aromatic heterocycles. The second kappa shape index (κ2) is 6.53. The summed E-state index contributed by atoms with van der Waals surface area (Å²) in [6, 6.07) is 4.32. The fourth-order valence-electron chi connectivity index (χ4n) is 2.50. The molecule has 8 heteroatoms. The van der Waals surface area contributed by atoms with Gasteiger partial charge in [0, 0.05) is 30.4 Å². The molecule has 1 saturated heterocycles. The summed E-state index contributed by atoms with van der Waals surface area (Å²) in [4.78, 5) is 12.4. The van der Waals surface area contributed by atoms with E-state index < -0.39 is 16.1 Å². The third kappa shape index (κ3) is 3.69. The lowest BCUT2D eigenvalue weighted by molar-refractivity contribution is -0.119. The van der Waals surface area contributed by atoms with Crippen molar-refractivity contribution in [2.75, 3.05) is 32.3 Å². The summed E-state index contributed by atoms with van der Waals surface area (Å²) in [6.45, 7) is 0.373. The van der Waals surface area contributed by atoms with Gasteiger partial charge in [0.25, 0.3) is 0 Å². The van der Waals surface area contributed by atoms with Gasteiger partial charge in [-0.15, -0.1) is 0 Å². The smallest absolute Gasteiger partial charge is 0.242 e. The van der Waals surface area contributed by atoms with Crippen molar-refractivity contribution < 1.29 is 22.7 Å². The number of ether oxygens (including phenoxy) is 2. The van der Waals surface area contributed by atoms with Gasteiger partial charge in [-0.3, -0.25) is 4.79 Å². The van der Waals surface area contributed by atoms with Gasteiger partial charge in [-0.2, -0.15) is 4.31 Å². The van der Waals surface area contributed by atoms with Gasteiger partial charge in [-0.05, 0) is 12.8 Å². The Labute approximate surface area is 130 Å². The highest BCUT2D eigenvalue weighted by molar-refractivity contribution is 7.88. The molecule has 0 bridgehead atoms. The van der Waals surface area contributed by atoms with Crippen LogP contribution < -0.4 is 14.8 Å². The maximum Gasteiger partial charge on any atom is 0.242 e. The van der Waals surface area contributed by atoms with Crippen LogP contribution in [0.2, 0.25) is 0 Å². The van der Waals surface area contributed by atoms with Crippen molar-refractivity contribution in [3.63, 3.8) is 0 Å². The minimum atomic E-state index is -3.39. The van der Waals surface area contributed by atoms with Gasteiger partial charge in [-0.25, -0.2) is 8.42 Å². The quantitative estimate of drug-likeness (QED) is 0.874. The van der Waals surface area contributed by atoms with Gasteiger partial charge in [0.1, 0.15) is 17.5 Å². The molecule has 1 atom stereocenters. The van der Waals surface area contributed by atoms with Crippen molar-refractivity contribution in [2.45, 2.75) is 18.9 Å². The SMILES string of the molecule is COc1cc(NC(=O)[C@@H]2CCCN2S(C)(=O)=O)cc(OC)c1. The molecular weight excluding hydrogens is 308 g/mol. The summed E-state index contributed by atoms with van der Waals surface area (Å²) in [6.07, 6.45) is 2.31. The predicted octanol–water partition coefficient (Wildman–Crippen LogP) is 1.07. The average Bonchev–Trinajstić information content (AvgIpc) is 2.96. The van der Waals surface area contributed by atoms with Crippen molar-refractivity contribution in [3.05, 3.63) is 18.2 Å². The summed E-state index contributed by atoms with van der Waals surface area (Å²) in [5.41, 5.74) is 0.501. The van der Waals surface area contributed by atoms with Crippen LogP contribution in [-0.2, 0) is 14.8 Å². The van der Waals surface area contributed by atoms with E-state index in [0.29, 0.717) is 36.6 Å². The summed E-state index contributed by atoms with van der Waals surface area (Å²) in [7, 11) is -0.358. The Morgan fingerprint density at radius 1 is 1.23 bits per heavy atom. The van der Waals surface area contributed by atoms with E-state index in [1.54, 1.807) is 18.2 Å². The van der Waals surface area contributed by atoms with Crippen LogP contribution in [0.4, 0.5) is 5.69 Å². The molecule has 1 N–H and O–H groups in total. The molecule has 2 rings (SSSR count). The number of hydrogen-bond donors (Lipinski definition) is 1. The summed E-state index contributed by atoms with van der Waals surface area (Å²) < 4.78 is 34.9. The lowest BCUT2D eigenvalue weighted by atomic mass is 10.2. The zero-order chi connectivity index (χ0) is 16.3. The number of hydrogen-bond acceptors (Lipinski definition) is 5. The number of amides is 1. The molecular formula is C14H20N2O5S. The molecule has 0 unspecified atom stereocenters. The first kappa shape index (κ1) is 16.6. The zero-order valence-corrected chi connectivity index (χ0v) is 13.6. The summed E-state index contributed by atoms with van der Waals surface area (Å²) >= 11 is 0. The van der Waals surface area contributed by atoms with E-state index in [1.807, 2.05) is 0 Å². The molecule has 0 saturated carbocycles. The molecule has 1 aliphatic heterocycles.